The van der Waals surface area contributed by atoms with E-state index in [4.69, 9.17) is 9.73 Å². The Morgan fingerprint density at radius 2 is 1.88 bits per heavy atom. The van der Waals surface area contributed by atoms with Gasteiger partial charge in [0.05, 0.1) is 6.10 Å². The van der Waals surface area contributed by atoms with E-state index in [1.54, 1.807) is 0 Å². The summed E-state index contributed by atoms with van der Waals surface area (Å²) in [6.07, 6.45) is 1.21. The van der Waals surface area contributed by atoms with Gasteiger partial charge in [-0.1, -0.05) is 0 Å². The monoisotopic (exact) mass is 350 g/mol. The van der Waals surface area contributed by atoms with Crippen LogP contribution in [-0.2, 0) is 4.74 Å². The zero-order valence-electron chi connectivity index (χ0n) is 15.7. The van der Waals surface area contributed by atoms with Crippen molar-refractivity contribution in [2.45, 2.75) is 33.3 Å². The van der Waals surface area contributed by atoms with E-state index >= 15 is 0 Å². The molecule has 140 valence electrons. The highest BCUT2D eigenvalue weighted by Crippen LogP contribution is 2.16. The van der Waals surface area contributed by atoms with Crippen LogP contribution < -0.4 is 10.2 Å². The summed E-state index contributed by atoms with van der Waals surface area (Å²) in [5.41, 5.74) is 1.08. The molecule has 0 aliphatic carbocycles. The Hall–Kier alpha value is -1.82. The van der Waals surface area contributed by atoms with Gasteiger partial charge in [0, 0.05) is 51.6 Å². The van der Waals surface area contributed by atoms with E-state index < -0.39 is 0 Å². The fraction of sp³-hybridized carbons (Fsp3) is 0.632. The van der Waals surface area contributed by atoms with Crippen molar-refractivity contribution in [1.82, 2.24) is 10.2 Å². The molecule has 1 N–H and O–H groups in total. The number of ether oxygens (including phenoxy) is 1. The van der Waals surface area contributed by atoms with E-state index in [-0.39, 0.29) is 11.9 Å². The maximum Gasteiger partial charge on any atom is 0.194 e. The van der Waals surface area contributed by atoms with Crippen LogP contribution in [0.4, 0.5) is 10.1 Å². The summed E-state index contributed by atoms with van der Waals surface area (Å²) in [5, 5.41) is 3.38. The second-order valence-corrected chi connectivity index (χ2v) is 6.46. The van der Waals surface area contributed by atoms with Gasteiger partial charge in [-0.2, -0.15) is 0 Å². The average molecular weight is 350 g/mol. The number of anilines is 1. The number of piperazine rings is 1. The van der Waals surface area contributed by atoms with E-state index in [9.17, 15) is 4.39 Å². The molecule has 0 saturated carbocycles. The minimum absolute atomic E-state index is 0.189. The van der Waals surface area contributed by atoms with Crippen molar-refractivity contribution >= 4 is 11.6 Å². The Morgan fingerprint density at radius 3 is 2.48 bits per heavy atom. The molecule has 0 radical (unpaired) electrons. The van der Waals surface area contributed by atoms with Gasteiger partial charge in [-0.25, -0.2) is 4.39 Å². The summed E-state index contributed by atoms with van der Waals surface area (Å²) >= 11 is 0. The zero-order chi connectivity index (χ0) is 18.1. The lowest BCUT2D eigenvalue weighted by Gasteiger charge is -2.37. The van der Waals surface area contributed by atoms with E-state index in [0.29, 0.717) is 0 Å². The third-order valence-corrected chi connectivity index (χ3v) is 4.12. The number of rotatable bonds is 7. The molecule has 0 spiro atoms. The first-order valence-corrected chi connectivity index (χ1v) is 9.25. The first kappa shape index (κ1) is 19.5. The van der Waals surface area contributed by atoms with Gasteiger partial charge in [-0.15, -0.1) is 0 Å². The van der Waals surface area contributed by atoms with Gasteiger partial charge in [0.2, 0.25) is 0 Å². The lowest BCUT2D eigenvalue weighted by Crippen LogP contribution is -2.52. The van der Waals surface area contributed by atoms with Crippen LogP contribution in [0.25, 0.3) is 0 Å². The summed E-state index contributed by atoms with van der Waals surface area (Å²) < 4.78 is 18.6. The Morgan fingerprint density at radius 1 is 1.20 bits per heavy atom. The first-order valence-electron chi connectivity index (χ1n) is 9.25. The van der Waals surface area contributed by atoms with Gasteiger partial charge in [-0.3, -0.25) is 4.99 Å². The fourth-order valence-electron chi connectivity index (χ4n) is 2.82. The van der Waals surface area contributed by atoms with Crippen LogP contribution in [0.15, 0.2) is 29.3 Å². The van der Waals surface area contributed by atoms with Gasteiger partial charge in [0.25, 0.3) is 0 Å². The van der Waals surface area contributed by atoms with Crippen molar-refractivity contribution in [2.75, 3.05) is 50.8 Å². The molecule has 1 fully saturated rings. The Balaban J connectivity index is 1.83. The van der Waals surface area contributed by atoms with E-state index in [1.165, 1.54) is 12.1 Å². The summed E-state index contributed by atoms with van der Waals surface area (Å²) in [4.78, 5) is 9.31. The second-order valence-electron chi connectivity index (χ2n) is 6.46. The smallest absolute Gasteiger partial charge is 0.194 e. The number of hydrogen-bond donors (Lipinski definition) is 1. The molecule has 5 nitrogen and oxygen atoms in total. The Labute approximate surface area is 150 Å². The molecule has 1 aliphatic rings. The SMILES string of the molecule is CCNC(=NCCCOC(C)C)N1CCN(c2ccc(F)cc2)CC1. The standard InChI is InChI=1S/C19H31FN4O/c1-4-21-19(22-10-5-15-25-16(2)3)24-13-11-23(12-14-24)18-8-6-17(20)7-9-18/h6-9,16H,4-5,10-15H2,1-3H3,(H,21,22). The molecular weight excluding hydrogens is 319 g/mol. The first-order chi connectivity index (χ1) is 12.1. The quantitative estimate of drug-likeness (QED) is 0.466. The van der Waals surface area contributed by atoms with Crippen LogP contribution in [0, 0.1) is 5.82 Å². The highest BCUT2D eigenvalue weighted by atomic mass is 19.1. The number of hydrogen-bond acceptors (Lipinski definition) is 3. The zero-order valence-corrected chi connectivity index (χ0v) is 15.7. The van der Waals surface area contributed by atoms with E-state index in [1.807, 2.05) is 26.0 Å². The average Bonchev–Trinajstić information content (AvgIpc) is 2.61. The van der Waals surface area contributed by atoms with Crippen molar-refractivity contribution in [2.24, 2.45) is 4.99 Å². The second kappa shape index (κ2) is 10.2. The van der Waals surface area contributed by atoms with Crippen molar-refractivity contribution in [3.63, 3.8) is 0 Å². The lowest BCUT2D eigenvalue weighted by atomic mass is 10.2. The molecule has 0 unspecified atom stereocenters. The largest absolute Gasteiger partial charge is 0.379 e. The van der Waals surface area contributed by atoms with Crippen molar-refractivity contribution < 1.29 is 9.13 Å². The Kier molecular flexibility index (Phi) is 7.98. The third-order valence-electron chi connectivity index (χ3n) is 4.12. The minimum Gasteiger partial charge on any atom is -0.379 e. The van der Waals surface area contributed by atoms with Gasteiger partial charge in [0.15, 0.2) is 5.96 Å². The van der Waals surface area contributed by atoms with Crippen LogP contribution in [-0.4, -0.2) is 62.8 Å². The van der Waals surface area contributed by atoms with Crippen molar-refractivity contribution in [1.29, 1.82) is 0 Å². The minimum atomic E-state index is -0.189. The van der Waals surface area contributed by atoms with Gasteiger partial charge < -0.3 is 19.9 Å². The van der Waals surface area contributed by atoms with Crippen molar-refractivity contribution in [3.05, 3.63) is 30.1 Å². The molecule has 6 heteroatoms. The molecular formula is C19H31FN4O. The molecule has 25 heavy (non-hydrogen) atoms. The highest BCUT2D eigenvalue weighted by molar-refractivity contribution is 5.80. The Bertz CT molecular complexity index is 525. The summed E-state index contributed by atoms with van der Waals surface area (Å²) in [7, 11) is 0. The third kappa shape index (κ3) is 6.53. The van der Waals surface area contributed by atoms with Gasteiger partial charge in [0.1, 0.15) is 5.82 Å². The maximum atomic E-state index is 13.1. The molecule has 0 bridgehead atoms. The highest BCUT2D eigenvalue weighted by Gasteiger charge is 2.19. The molecule has 1 heterocycles. The lowest BCUT2D eigenvalue weighted by molar-refractivity contribution is 0.0782. The molecule has 0 aromatic heterocycles. The fourth-order valence-corrected chi connectivity index (χ4v) is 2.82. The molecule has 0 amide bonds. The predicted molar refractivity (Wildman–Crippen MR) is 102 cm³/mol. The van der Waals surface area contributed by atoms with Crippen molar-refractivity contribution in [3.8, 4) is 0 Å². The van der Waals surface area contributed by atoms with E-state index in [0.717, 1.165) is 63.9 Å². The molecule has 1 saturated heterocycles. The molecule has 1 aliphatic heterocycles. The molecule has 2 rings (SSSR count). The van der Waals surface area contributed by atoms with Crippen LogP contribution in [0.3, 0.4) is 0 Å². The number of nitrogens with one attached hydrogen (secondary N) is 1. The number of aliphatic imine (C=N–C) groups is 1. The maximum absolute atomic E-state index is 13.1. The van der Waals surface area contributed by atoms with Crippen LogP contribution in [0.1, 0.15) is 27.2 Å². The summed E-state index contributed by atoms with van der Waals surface area (Å²) in [6, 6.07) is 6.73. The van der Waals surface area contributed by atoms with Crippen LogP contribution in [0.2, 0.25) is 0 Å². The van der Waals surface area contributed by atoms with Crippen LogP contribution in [0.5, 0.6) is 0 Å². The summed E-state index contributed by atoms with van der Waals surface area (Å²) in [5.74, 6) is 0.788. The van der Waals surface area contributed by atoms with E-state index in [2.05, 4.69) is 22.0 Å². The predicted octanol–water partition coefficient (Wildman–Crippen LogP) is 2.73. The molecule has 1 aromatic rings. The number of guanidine groups is 1. The molecule has 0 atom stereocenters. The number of nitrogens with zero attached hydrogens (tertiary/aromatic N) is 3. The van der Waals surface area contributed by atoms with Crippen LogP contribution >= 0.6 is 0 Å². The number of benzene rings is 1. The summed E-state index contributed by atoms with van der Waals surface area (Å²) in [6.45, 7) is 12.2. The normalized spacial score (nSPS) is 15.8. The molecule has 1 aromatic carbocycles. The topological polar surface area (TPSA) is 40.1 Å². The van der Waals surface area contributed by atoms with Gasteiger partial charge >= 0.3 is 0 Å². The number of halogens is 1. The van der Waals surface area contributed by atoms with Gasteiger partial charge in [-0.05, 0) is 51.5 Å².